The predicted molar refractivity (Wildman–Crippen MR) is 91.9 cm³/mol. The van der Waals surface area contributed by atoms with Crippen molar-refractivity contribution < 1.29 is 14.3 Å². The zero-order valence-electron chi connectivity index (χ0n) is 13.8. The zero-order valence-corrected chi connectivity index (χ0v) is 13.8. The van der Waals surface area contributed by atoms with Crippen LogP contribution in [0.3, 0.4) is 0 Å². The van der Waals surface area contributed by atoms with Crippen LogP contribution in [0.5, 0.6) is 11.5 Å². The maximum Gasteiger partial charge on any atom is 0.253 e. The summed E-state index contributed by atoms with van der Waals surface area (Å²) in [5, 5.41) is 0. The van der Waals surface area contributed by atoms with Gasteiger partial charge in [-0.2, -0.15) is 0 Å². The van der Waals surface area contributed by atoms with Gasteiger partial charge in [-0.05, 0) is 42.0 Å². The fraction of sp³-hybridized carbons (Fsp3) is 0.158. The molecule has 2 heterocycles. The zero-order chi connectivity index (χ0) is 17.2. The first-order chi connectivity index (χ1) is 12.2. The smallest absolute Gasteiger partial charge is 0.253 e. The molecule has 6 nitrogen and oxygen atoms in total. The summed E-state index contributed by atoms with van der Waals surface area (Å²) in [4.78, 5) is 18.3. The molecular weight excluding hydrogens is 318 g/mol. The van der Waals surface area contributed by atoms with Gasteiger partial charge < -0.3 is 18.9 Å². The summed E-state index contributed by atoms with van der Waals surface area (Å²) in [6, 6.07) is 13.2. The van der Waals surface area contributed by atoms with Crippen molar-refractivity contribution in [3.63, 3.8) is 0 Å². The summed E-state index contributed by atoms with van der Waals surface area (Å²) >= 11 is 0. The molecule has 3 aromatic rings. The van der Waals surface area contributed by atoms with Crippen LogP contribution in [0.1, 0.15) is 15.9 Å². The Morgan fingerprint density at radius 1 is 1.16 bits per heavy atom. The van der Waals surface area contributed by atoms with Gasteiger partial charge in [0, 0.05) is 37.2 Å². The first kappa shape index (κ1) is 15.3. The Bertz CT molecular complexity index is 889. The summed E-state index contributed by atoms with van der Waals surface area (Å²) in [5.74, 6) is 1.44. The lowest BCUT2D eigenvalue weighted by atomic mass is 10.1. The average Bonchev–Trinajstić information content (AvgIpc) is 3.32. The minimum absolute atomic E-state index is 0.0325. The topological polar surface area (TPSA) is 56.6 Å². The molecule has 0 bridgehead atoms. The van der Waals surface area contributed by atoms with Gasteiger partial charge >= 0.3 is 0 Å². The molecule has 0 fully saturated rings. The number of hydrogen-bond donors (Lipinski definition) is 0. The van der Waals surface area contributed by atoms with Crippen LogP contribution in [-0.2, 0) is 6.54 Å². The van der Waals surface area contributed by atoms with Crippen molar-refractivity contribution in [2.45, 2.75) is 6.54 Å². The molecule has 25 heavy (non-hydrogen) atoms. The molecule has 6 heteroatoms. The third kappa shape index (κ3) is 3.06. The van der Waals surface area contributed by atoms with Gasteiger partial charge in [-0.3, -0.25) is 4.79 Å². The van der Waals surface area contributed by atoms with Crippen molar-refractivity contribution in [2.24, 2.45) is 0 Å². The number of carbonyl (C=O) groups is 1. The van der Waals surface area contributed by atoms with Crippen molar-refractivity contribution in [1.29, 1.82) is 0 Å². The van der Waals surface area contributed by atoms with Crippen LogP contribution in [0.15, 0.2) is 61.2 Å². The minimum atomic E-state index is -0.0325. The van der Waals surface area contributed by atoms with Gasteiger partial charge in [-0.25, -0.2) is 4.98 Å². The van der Waals surface area contributed by atoms with E-state index < -0.39 is 0 Å². The van der Waals surface area contributed by atoms with E-state index in [1.165, 1.54) is 0 Å². The van der Waals surface area contributed by atoms with Gasteiger partial charge in [0.05, 0.1) is 6.33 Å². The van der Waals surface area contributed by atoms with E-state index in [1.807, 2.05) is 53.2 Å². The quantitative estimate of drug-likeness (QED) is 0.736. The molecule has 0 saturated carbocycles. The second kappa shape index (κ2) is 6.32. The van der Waals surface area contributed by atoms with E-state index in [0.717, 1.165) is 22.7 Å². The Hall–Kier alpha value is -3.28. The van der Waals surface area contributed by atoms with E-state index in [4.69, 9.17) is 9.47 Å². The summed E-state index contributed by atoms with van der Waals surface area (Å²) in [6.07, 6.45) is 5.31. The van der Waals surface area contributed by atoms with Gasteiger partial charge in [-0.1, -0.05) is 6.07 Å². The standard InChI is InChI=1S/C19H17N3O3/c1-21(11-14-2-7-17-18(10-14)25-13-24-17)19(23)15-3-5-16(6-4-15)22-9-8-20-12-22/h2-10,12H,11,13H2,1H3. The normalized spacial score (nSPS) is 12.2. The molecule has 1 aromatic heterocycles. The Morgan fingerprint density at radius 3 is 2.72 bits per heavy atom. The number of aromatic nitrogens is 2. The van der Waals surface area contributed by atoms with E-state index in [1.54, 1.807) is 24.5 Å². The number of ether oxygens (including phenoxy) is 2. The number of benzene rings is 2. The maximum atomic E-state index is 12.6. The molecule has 1 aliphatic heterocycles. The van der Waals surface area contributed by atoms with Crippen molar-refractivity contribution in [3.05, 3.63) is 72.3 Å². The highest BCUT2D eigenvalue weighted by Gasteiger charge is 2.16. The van der Waals surface area contributed by atoms with Gasteiger partial charge in [-0.15, -0.1) is 0 Å². The maximum absolute atomic E-state index is 12.6. The molecule has 0 radical (unpaired) electrons. The fourth-order valence-corrected chi connectivity index (χ4v) is 2.79. The Labute approximate surface area is 145 Å². The van der Waals surface area contributed by atoms with Crippen LogP contribution in [0.25, 0.3) is 5.69 Å². The van der Waals surface area contributed by atoms with Crippen molar-refractivity contribution >= 4 is 5.91 Å². The first-order valence-electron chi connectivity index (χ1n) is 7.93. The molecule has 0 saturated heterocycles. The third-order valence-corrected chi connectivity index (χ3v) is 4.12. The third-order valence-electron chi connectivity index (χ3n) is 4.12. The monoisotopic (exact) mass is 335 g/mol. The molecule has 0 atom stereocenters. The molecular formula is C19H17N3O3. The highest BCUT2D eigenvalue weighted by atomic mass is 16.7. The van der Waals surface area contributed by atoms with Gasteiger partial charge in [0.2, 0.25) is 6.79 Å². The van der Waals surface area contributed by atoms with E-state index in [-0.39, 0.29) is 12.7 Å². The van der Waals surface area contributed by atoms with Crippen LogP contribution >= 0.6 is 0 Å². The molecule has 0 spiro atoms. The number of imidazole rings is 1. The summed E-state index contributed by atoms with van der Waals surface area (Å²) in [5.41, 5.74) is 2.61. The summed E-state index contributed by atoms with van der Waals surface area (Å²) in [7, 11) is 1.79. The first-order valence-corrected chi connectivity index (χ1v) is 7.93. The van der Waals surface area contributed by atoms with Gasteiger partial charge in [0.1, 0.15) is 0 Å². The van der Waals surface area contributed by atoms with Crippen molar-refractivity contribution in [2.75, 3.05) is 13.8 Å². The summed E-state index contributed by atoms with van der Waals surface area (Å²) < 4.78 is 12.6. The van der Waals surface area contributed by atoms with Crippen LogP contribution in [0.2, 0.25) is 0 Å². The van der Waals surface area contributed by atoms with Crippen LogP contribution < -0.4 is 9.47 Å². The lowest BCUT2D eigenvalue weighted by molar-refractivity contribution is 0.0785. The minimum Gasteiger partial charge on any atom is -0.454 e. The highest BCUT2D eigenvalue weighted by molar-refractivity contribution is 5.94. The van der Waals surface area contributed by atoms with Crippen LogP contribution in [-0.4, -0.2) is 34.2 Å². The number of hydrogen-bond acceptors (Lipinski definition) is 4. The Morgan fingerprint density at radius 2 is 1.96 bits per heavy atom. The number of carbonyl (C=O) groups excluding carboxylic acids is 1. The van der Waals surface area contributed by atoms with Crippen LogP contribution in [0.4, 0.5) is 0 Å². The van der Waals surface area contributed by atoms with E-state index in [9.17, 15) is 4.79 Å². The Kier molecular flexibility index (Phi) is 3.85. The Balaban J connectivity index is 1.46. The second-order valence-corrected chi connectivity index (χ2v) is 5.87. The highest BCUT2D eigenvalue weighted by Crippen LogP contribution is 2.32. The SMILES string of the molecule is CN(Cc1ccc2c(c1)OCO2)C(=O)c1ccc(-n2ccnc2)cc1. The van der Waals surface area contributed by atoms with E-state index in [2.05, 4.69) is 4.98 Å². The molecule has 0 N–H and O–H groups in total. The van der Waals surface area contributed by atoms with Crippen molar-refractivity contribution in [1.82, 2.24) is 14.5 Å². The van der Waals surface area contributed by atoms with E-state index in [0.29, 0.717) is 12.1 Å². The van der Waals surface area contributed by atoms with Gasteiger partial charge in [0.15, 0.2) is 11.5 Å². The second-order valence-electron chi connectivity index (χ2n) is 5.87. The lowest BCUT2D eigenvalue weighted by Crippen LogP contribution is -2.26. The van der Waals surface area contributed by atoms with Crippen LogP contribution in [0, 0.1) is 0 Å². The molecule has 0 unspecified atom stereocenters. The van der Waals surface area contributed by atoms with Gasteiger partial charge in [0.25, 0.3) is 5.91 Å². The molecule has 1 amide bonds. The fourth-order valence-electron chi connectivity index (χ4n) is 2.79. The number of fused-ring (bicyclic) bond motifs is 1. The number of rotatable bonds is 4. The molecule has 4 rings (SSSR count). The van der Waals surface area contributed by atoms with E-state index >= 15 is 0 Å². The lowest BCUT2D eigenvalue weighted by Gasteiger charge is -2.18. The predicted octanol–water partition coefficient (Wildman–Crippen LogP) is 2.87. The molecule has 1 aliphatic rings. The van der Waals surface area contributed by atoms with Crippen molar-refractivity contribution in [3.8, 4) is 17.2 Å². The largest absolute Gasteiger partial charge is 0.454 e. The molecule has 2 aromatic carbocycles. The molecule has 126 valence electrons. The molecule has 0 aliphatic carbocycles. The summed E-state index contributed by atoms with van der Waals surface area (Å²) in [6.45, 7) is 0.746. The number of amides is 1. The average molecular weight is 335 g/mol. The number of nitrogens with zero attached hydrogens (tertiary/aromatic N) is 3.